The topological polar surface area (TPSA) is 69.6 Å². The Labute approximate surface area is 111 Å². The molecule has 1 saturated heterocycles. The molecule has 1 aliphatic rings. The minimum absolute atomic E-state index is 0.0871. The van der Waals surface area contributed by atoms with E-state index in [-0.39, 0.29) is 18.4 Å². The van der Waals surface area contributed by atoms with E-state index in [1.54, 1.807) is 16.7 Å². The summed E-state index contributed by atoms with van der Waals surface area (Å²) in [6.45, 7) is 1.77. The van der Waals surface area contributed by atoms with Crippen LogP contribution < -0.4 is 5.32 Å². The van der Waals surface area contributed by atoms with Crippen molar-refractivity contribution >= 4 is 23.8 Å². The molecule has 1 fully saturated rings. The maximum Gasteiger partial charge on any atom is 0.317 e. The van der Waals surface area contributed by atoms with Crippen molar-refractivity contribution in [3.63, 3.8) is 0 Å². The van der Waals surface area contributed by atoms with Gasteiger partial charge < -0.3 is 15.3 Å². The van der Waals surface area contributed by atoms with Crippen LogP contribution in [0, 0.1) is 18.3 Å². The molecule has 0 aliphatic carbocycles. The van der Waals surface area contributed by atoms with Gasteiger partial charge >= 0.3 is 12.0 Å². The van der Waals surface area contributed by atoms with Crippen LogP contribution in [0.3, 0.4) is 0 Å². The predicted molar refractivity (Wildman–Crippen MR) is 71.5 cm³/mol. The number of carbonyl (C=O) groups excluding carboxylic acids is 1. The largest absolute Gasteiger partial charge is 0.481 e. The van der Waals surface area contributed by atoms with Gasteiger partial charge in [0.05, 0.1) is 5.75 Å². The van der Waals surface area contributed by atoms with Gasteiger partial charge in [-0.05, 0) is 12.3 Å². The number of nitrogens with zero attached hydrogens (tertiary/aromatic N) is 1. The van der Waals surface area contributed by atoms with Gasteiger partial charge in [0, 0.05) is 31.8 Å². The lowest BCUT2D eigenvalue weighted by atomic mass is 10.1. The van der Waals surface area contributed by atoms with Crippen molar-refractivity contribution in [3.8, 4) is 12.3 Å². The monoisotopic (exact) mass is 270 g/mol. The van der Waals surface area contributed by atoms with Crippen molar-refractivity contribution in [2.45, 2.75) is 12.8 Å². The molecule has 1 heterocycles. The van der Waals surface area contributed by atoms with E-state index in [1.165, 1.54) is 0 Å². The number of hydrogen-bond acceptors (Lipinski definition) is 3. The second kappa shape index (κ2) is 7.88. The van der Waals surface area contributed by atoms with Gasteiger partial charge in [0.1, 0.15) is 0 Å². The molecule has 1 atom stereocenters. The molecule has 0 aromatic heterocycles. The molecule has 0 spiro atoms. The lowest BCUT2D eigenvalue weighted by Crippen LogP contribution is -2.39. The Morgan fingerprint density at radius 3 is 3.00 bits per heavy atom. The van der Waals surface area contributed by atoms with Crippen LogP contribution in [0.5, 0.6) is 0 Å². The summed E-state index contributed by atoms with van der Waals surface area (Å²) in [6.07, 6.45) is 6.02. The van der Waals surface area contributed by atoms with Gasteiger partial charge in [-0.1, -0.05) is 5.92 Å². The van der Waals surface area contributed by atoms with Crippen molar-refractivity contribution in [2.75, 3.05) is 31.1 Å². The molecule has 2 N–H and O–H groups in total. The highest BCUT2D eigenvalue weighted by molar-refractivity contribution is 7.99. The maximum atomic E-state index is 11.7. The molecular weight excluding hydrogens is 252 g/mol. The van der Waals surface area contributed by atoms with Gasteiger partial charge in [-0.3, -0.25) is 4.79 Å². The Morgan fingerprint density at radius 2 is 2.33 bits per heavy atom. The molecule has 1 rings (SSSR count). The SMILES string of the molecule is C#CCSCCNC(=O)N1CCC(CC(=O)O)C1. The third-order valence-electron chi connectivity index (χ3n) is 2.74. The van der Waals surface area contributed by atoms with Crippen LogP contribution in [0.15, 0.2) is 0 Å². The highest BCUT2D eigenvalue weighted by atomic mass is 32.2. The third kappa shape index (κ3) is 5.32. The van der Waals surface area contributed by atoms with Gasteiger partial charge in [-0.15, -0.1) is 18.2 Å². The lowest BCUT2D eigenvalue weighted by Gasteiger charge is -2.16. The number of nitrogens with one attached hydrogen (secondary N) is 1. The first-order chi connectivity index (χ1) is 8.63. The van der Waals surface area contributed by atoms with Crippen LogP contribution in [0.2, 0.25) is 0 Å². The van der Waals surface area contributed by atoms with E-state index in [2.05, 4.69) is 11.2 Å². The molecule has 0 saturated carbocycles. The van der Waals surface area contributed by atoms with Crippen LogP contribution >= 0.6 is 11.8 Å². The Hall–Kier alpha value is -1.35. The average Bonchev–Trinajstić information content (AvgIpc) is 2.76. The van der Waals surface area contributed by atoms with E-state index in [1.807, 2.05) is 0 Å². The van der Waals surface area contributed by atoms with Gasteiger partial charge in [0.2, 0.25) is 0 Å². The Bertz CT molecular complexity index is 341. The smallest absolute Gasteiger partial charge is 0.317 e. The zero-order valence-corrected chi connectivity index (χ0v) is 11.0. The van der Waals surface area contributed by atoms with Crippen LogP contribution in [0.25, 0.3) is 0 Å². The predicted octanol–water partition coefficient (Wildman–Crippen LogP) is 0.859. The highest BCUT2D eigenvalue weighted by Crippen LogP contribution is 2.19. The van der Waals surface area contributed by atoms with Gasteiger partial charge in [-0.2, -0.15) is 0 Å². The molecular formula is C12H18N2O3S. The van der Waals surface area contributed by atoms with Gasteiger partial charge in [0.25, 0.3) is 0 Å². The fraction of sp³-hybridized carbons (Fsp3) is 0.667. The molecule has 1 aliphatic heterocycles. The Morgan fingerprint density at radius 1 is 1.56 bits per heavy atom. The summed E-state index contributed by atoms with van der Waals surface area (Å²) in [5.41, 5.74) is 0. The first kappa shape index (κ1) is 14.7. The van der Waals surface area contributed by atoms with Gasteiger partial charge in [0.15, 0.2) is 0 Å². The number of thioether (sulfide) groups is 1. The number of likely N-dealkylation sites (tertiary alicyclic amines) is 1. The summed E-state index contributed by atoms with van der Waals surface area (Å²) in [5, 5.41) is 11.5. The molecule has 6 heteroatoms. The molecule has 0 bridgehead atoms. The molecule has 0 aromatic rings. The van der Waals surface area contributed by atoms with Crippen LogP contribution in [-0.2, 0) is 4.79 Å². The number of rotatable bonds is 6. The number of carboxylic acid groups (broad SMARTS) is 1. The van der Waals surface area contributed by atoms with Crippen molar-refractivity contribution in [1.82, 2.24) is 10.2 Å². The van der Waals surface area contributed by atoms with E-state index in [4.69, 9.17) is 11.5 Å². The van der Waals surface area contributed by atoms with Crippen LogP contribution in [0.4, 0.5) is 4.79 Å². The molecule has 5 nitrogen and oxygen atoms in total. The quantitative estimate of drug-likeness (QED) is 0.555. The minimum atomic E-state index is -0.798. The number of aliphatic carboxylic acids is 1. The number of carboxylic acids is 1. The Balaban J connectivity index is 2.16. The van der Waals surface area contributed by atoms with Crippen molar-refractivity contribution in [1.29, 1.82) is 0 Å². The van der Waals surface area contributed by atoms with E-state index < -0.39 is 5.97 Å². The summed E-state index contributed by atoms with van der Waals surface area (Å²) in [4.78, 5) is 24.0. The van der Waals surface area contributed by atoms with Crippen molar-refractivity contribution in [2.24, 2.45) is 5.92 Å². The van der Waals surface area contributed by atoms with Gasteiger partial charge in [-0.25, -0.2) is 4.79 Å². The minimum Gasteiger partial charge on any atom is -0.481 e. The van der Waals surface area contributed by atoms with E-state index in [0.29, 0.717) is 25.4 Å². The fourth-order valence-corrected chi connectivity index (χ4v) is 2.41. The standard InChI is InChI=1S/C12H18N2O3S/c1-2-6-18-7-4-13-12(17)14-5-3-10(9-14)8-11(15)16/h1,10H,3-9H2,(H,13,17)(H,15,16). The number of amides is 2. The lowest BCUT2D eigenvalue weighted by molar-refractivity contribution is -0.138. The highest BCUT2D eigenvalue weighted by Gasteiger charge is 2.27. The molecule has 100 valence electrons. The number of hydrogen-bond donors (Lipinski definition) is 2. The first-order valence-corrected chi connectivity index (χ1v) is 7.04. The second-order valence-electron chi connectivity index (χ2n) is 4.19. The summed E-state index contributed by atoms with van der Waals surface area (Å²) >= 11 is 1.60. The molecule has 18 heavy (non-hydrogen) atoms. The van der Waals surface area contributed by atoms with E-state index in [0.717, 1.165) is 12.2 Å². The third-order valence-corrected chi connectivity index (χ3v) is 3.61. The first-order valence-electron chi connectivity index (χ1n) is 5.89. The number of carbonyl (C=O) groups is 2. The maximum absolute atomic E-state index is 11.7. The van der Waals surface area contributed by atoms with Crippen molar-refractivity contribution < 1.29 is 14.7 Å². The average molecular weight is 270 g/mol. The van der Waals surface area contributed by atoms with Crippen molar-refractivity contribution in [3.05, 3.63) is 0 Å². The normalized spacial score (nSPS) is 18.4. The molecule has 0 aromatic carbocycles. The molecule has 2 amide bonds. The van der Waals surface area contributed by atoms with Crippen LogP contribution in [0.1, 0.15) is 12.8 Å². The summed E-state index contributed by atoms with van der Waals surface area (Å²) in [7, 11) is 0. The Kier molecular flexibility index (Phi) is 6.44. The fourth-order valence-electron chi connectivity index (χ4n) is 1.90. The number of urea groups is 1. The summed E-state index contributed by atoms with van der Waals surface area (Å²) < 4.78 is 0. The summed E-state index contributed by atoms with van der Waals surface area (Å²) in [6, 6.07) is -0.107. The number of terminal acetylenes is 1. The molecule has 0 radical (unpaired) electrons. The van der Waals surface area contributed by atoms with E-state index >= 15 is 0 Å². The second-order valence-corrected chi connectivity index (χ2v) is 5.29. The molecule has 1 unspecified atom stereocenters. The van der Waals surface area contributed by atoms with E-state index in [9.17, 15) is 9.59 Å². The summed E-state index contributed by atoms with van der Waals surface area (Å²) in [5.74, 6) is 3.26. The van der Waals surface area contributed by atoms with Crippen LogP contribution in [-0.4, -0.2) is 53.1 Å². The zero-order chi connectivity index (χ0) is 13.4. The zero-order valence-electron chi connectivity index (χ0n) is 10.2.